The van der Waals surface area contributed by atoms with E-state index >= 15 is 0 Å². The van der Waals surface area contributed by atoms with Crippen LogP contribution in [0.2, 0.25) is 0 Å². The van der Waals surface area contributed by atoms with E-state index in [2.05, 4.69) is 0 Å². The first kappa shape index (κ1) is 11.8. The molecule has 0 spiro atoms. The van der Waals surface area contributed by atoms with Gasteiger partial charge in [0.15, 0.2) is 0 Å². The second-order valence-electron chi connectivity index (χ2n) is 1.42. The van der Waals surface area contributed by atoms with Gasteiger partial charge in [-0.1, -0.05) is 0 Å². The third kappa shape index (κ3) is 5.17. The summed E-state index contributed by atoms with van der Waals surface area (Å²) in [5.74, 6) is 0. The maximum absolute atomic E-state index is 9.77. The average Bonchev–Trinajstić information content (AvgIpc) is 1.31. The fourth-order valence-electron chi connectivity index (χ4n) is 0. The minimum atomic E-state index is -2.38. The van der Waals surface area contributed by atoms with Gasteiger partial charge >= 0.3 is 29.6 Å². The SMILES string of the molecule is CC(N)(N)S(=O)[O-].[H-].[Na+]. The van der Waals surface area contributed by atoms with Gasteiger partial charge in [0.1, 0.15) is 4.99 Å². The minimum Gasteiger partial charge on any atom is -1.00 e. The van der Waals surface area contributed by atoms with Crippen molar-refractivity contribution in [2.75, 3.05) is 0 Å². The van der Waals surface area contributed by atoms with Crippen LogP contribution in [-0.4, -0.2) is 13.8 Å². The van der Waals surface area contributed by atoms with Crippen LogP contribution in [0.4, 0.5) is 0 Å². The van der Waals surface area contributed by atoms with Crippen LogP contribution >= 0.6 is 0 Å². The van der Waals surface area contributed by atoms with Gasteiger partial charge in [0.2, 0.25) is 0 Å². The predicted molar refractivity (Wildman–Crippen MR) is 26.8 cm³/mol. The van der Waals surface area contributed by atoms with Crippen LogP contribution < -0.4 is 41.0 Å². The van der Waals surface area contributed by atoms with Gasteiger partial charge < -0.3 is 17.4 Å². The Hall–Kier alpha value is 1.03. The van der Waals surface area contributed by atoms with Crippen molar-refractivity contribution in [3.8, 4) is 0 Å². The Balaban J connectivity index is -0.000000180. The number of nitrogens with two attached hydrogens (primary N) is 2. The third-order valence-corrected chi connectivity index (χ3v) is 1.08. The predicted octanol–water partition coefficient (Wildman–Crippen LogP) is -4.43. The summed E-state index contributed by atoms with van der Waals surface area (Å²) < 4.78 is 19.5. The van der Waals surface area contributed by atoms with E-state index in [1.54, 1.807) is 0 Å². The van der Waals surface area contributed by atoms with E-state index in [1.165, 1.54) is 6.92 Å². The number of rotatable bonds is 1. The standard InChI is InChI=1S/C2H8N2O2S.Na.H/c1-2(3,4)7(5)6;;/h3-4H2,1H3,(H,5,6);;/q;+1;-1/p-1. The fourth-order valence-corrected chi connectivity index (χ4v) is 0. The molecular weight excluding hydrogens is 139 g/mol. The largest absolute Gasteiger partial charge is 1.00 e. The van der Waals surface area contributed by atoms with E-state index in [-0.39, 0.29) is 31.0 Å². The summed E-state index contributed by atoms with van der Waals surface area (Å²) in [6, 6.07) is 0. The second kappa shape index (κ2) is 3.94. The van der Waals surface area contributed by atoms with Crippen molar-refractivity contribution in [2.24, 2.45) is 11.5 Å². The van der Waals surface area contributed by atoms with Crippen molar-refractivity contribution in [2.45, 2.75) is 11.9 Å². The molecule has 0 fully saturated rings. The van der Waals surface area contributed by atoms with E-state index in [0.29, 0.717) is 0 Å². The fraction of sp³-hybridized carbons (Fsp3) is 1.00. The van der Waals surface area contributed by atoms with Crippen molar-refractivity contribution < 1.29 is 39.7 Å². The Labute approximate surface area is 74.1 Å². The molecule has 1 unspecified atom stereocenters. The molecule has 0 radical (unpaired) electrons. The Morgan fingerprint density at radius 1 is 1.75 bits per heavy atom. The molecule has 8 heavy (non-hydrogen) atoms. The molecule has 0 aromatic rings. The van der Waals surface area contributed by atoms with Crippen molar-refractivity contribution in [1.29, 1.82) is 0 Å². The van der Waals surface area contributed by atoms with Crippen LogP contribution in [0, 0.1) is 0 Å². The van der Waals surface area contributed by atoms with Crippen molar-refractivity contribution in [3.63, 3.8) is 0 Å². The van der Waals surface area contributed by atoms with Crippen LogP contribution in [0.25, 0.3) is 0 Å². The van der Waals surface area contributed by atoms with Crippen molar-refractivity contribution in [1.82, 2.24) is 0 Å². The van der Waals surface area contributed by atoms with E-state index in [0.717, 1.165) is 0 Å². The molecule has 0 aromatic carbocycles. The maximum Gasteiger partial charge on any atom is 1.00 e. The smallest absolute Gasteiger partial charge is 1.00 e. The number of hydrogen-bond acceptors (Lipinski definition) is 4. The summed E-state index contributed by atoms with van der Waals surface area (Å²) in [7, 11) is 0. The summed E-state index contributed by atoms with van der Waals surface area (Å²) >= 11 is -2.38. The third-order valence-electron chi connectivity index (χ3n) is 0.359. The Morgan fingerprint density at radius 2 is 1.88 bits per heavy atom. The molecule has 0 amide bonds. The summed E-state index contributed by atoms with van der Waals surface area (Å²) in [5, 5.41) is 0. The molecule has 0 rings (SSSR count). The molecular formula is C2H8N2NaO2S-. The molecule has 0 aromatic heterocycles. The van der Waals surface area contributed by atoms with Crippen molar-refractivity contribution in [3.05, 3.63) is 0 Å². The van der Waals surface area contributed by atoms with Gasteiger partial charge in [0.25, 0.3) is 0 Å². The molecule has 0 saturated heterocycles. The first-order chi connectivity index (χ1) is 2.94. The first-order valence-corrected chi connectivity index (χ1v) is 2.69. The summed E-state index contributed by atoms with van der Waals surface area (Å²) in [5.41, 5.74) is 9.69. The molecule has 0 saturated carbocycles. The molecule has 46 valence electrons. The quantitative estimate of drug-likeness (QED) is 0.222. The molecule has 4 N–H and O–H groups in total. The van der Waals surface area contributed by atoms with Crippen LogP contribution in [0.15, 0.2) is 0 Å². The number of hydrogen-bond donors (Lipinski definition) is 2. The summed E-state index contributed by atoms with van der Waals surface area (Å²) in [6.45, 7) is 1.20. The molecule has 0 heterocycles. The molecule has 0 aliphatic carbocycles. The first-order valence-electron chi connectivity index (χ1n) is 1.61. The molecule has 0 aliphatic rings. The molecule has 0 bridgehead atoms. The van der Waals surface area contributed by atoms with Crippen LogP contribution in [0.3, 0.4) is 0 Å². The van der Waals surface area contributed by atoms with Gasteiger partial charge in [-0.2, -0.15) is 0 Å². The summed E-state index contributed by atoms with van der Waals surface area (Å²) in [6.07, 6.45) is 0. The van der Waals surface area contributed by atoms with E-state index < -0.39 is 16.1 Å². The molecule has 6 heteroatoms. The zero-order valence-corrected chi connectivity index (χ0v) is 7.70. The van der Waals surface area contributed by atoms with Gasteiger partial charge in [0.05, 0.1) is 0 Å². The molecule has 4 nitrogen and oxygen atoms in total. The van der Waals surface area contributed by atoms with E-state index in [4.69, 9.17) is 11.5 Å². The Morgan fingerprint density at radius 3 is 1.88 bits per heavy atom. The summed E-state index contributed by atoms with van der Waals surface area (Å²) in [4.78, 5) is -1.58. The average molecular weight is 147 g/mol. The second-order valence-corrected chi connectivity index (χ2v) is 2.77. The molecule has 0 aliphatic heterocycles. The zero-order chi connectivity index (χ0) is 6.08. The van der Waals surface area contributed by atoms with Crippen molar-refractivity contribution >= 4 is 11.1 Å². The van der Waals surface area contributed by atoms with Gasteiger partial charge in [-0.15, -0.1) is 0 Å². The van der Waals surface area contributed by atoms with Gasteiger partial charge in [-0.05, 0) is 18.0 Å². The minimum absolute atomic E-state index is 0. The topological polar surface area (TPSA) is 92.2 Å². The van der Waals surface area contributed by atoms with Crippen LogP contribution in [0.5, 0.6) is 0 Å². The Bertz CT molecular complexity index is 95.1. The van der Waals surface area contributed by atoms with Crippen LogP contribution in [-0.2, 0) is 11.1 Å². The zero-order valence-electron chi connectivity index (χ0n) is 5.88. The van der Waals surface area contributed by atoms with Gasteiger partial charge in [0, 0.05) is 0 Å². The van der Waals surface area contributed by atoms with Gasteiger partial charge in [-0.25, -0.2) is 0 Å². The van der Waals surface area contributed by atoms with E-state index in [1.807, 2.05) is 0 Å². The monoisotopic (exact) mass is 147 g/mol. The Kier molecular flexibility index (Phi) is 5.81. The molecule has 1 atom stereocenters. The van der Waals surface area contributed by atoms with E-state index in [9.17, 15) is 8.76 Å². The van der Waals surface area contributed by atoms with Crippen LogP contribution in [0.1, 0.15) is 8.35 Å². The maximum atomic E-state index is 9.77. The van der Waals surface area contributed by atoms with Gasteiger partial charge in [-0.3, -0.25) is 4.21 Å². The normalized spacial score (nSPS) is 14.5.